The lowest BCUT2D eigenvalue weighted by Crippen LogP contribution is -2.41. The fourth-order valence-corrected chi connectivity index (χ4v) is 2.25. The lowest BCUT2D eigenvalue weighted by molar-refractivity contribution is -0.157. The molecule has 0 saturated carbocycles. The molecule has 0 heterocycles. The maximum absolute atomic E-state index is 12.4. The zero-order valence-electron chi connectivity index (χ0n) is 15.8. The van der Waals surface area contributed by atoms with Crippen LogP contribution in [0.4, 0.5) is 13.2 Å². The summed E-state index contributed by atoms with van der Waals surface area (Å²) in [7, 11) is 4.46. The van der Waals surface area contributed by atoms with Crippen molar-refractivity contribution in [1.82, 2.24) is 15.1 Å². The highest BCUT2D eigenvalue weighted by atomic mass is 127. The molecular formula is C17H26F3IN4O2. The number of likely N-dealkylation sites (N-methyl/N-ethyl adjacent to an activating group) is 1. The Hall–Kier alpha value is -1.72. The van der Waals surface area contributed by atoms with Crippen LogP contribution in [0.2, 0.25) is 0 Å². The molecule has 0 aromatic heterocycles. The van der Waals surface area contributed by atoms with Gasteiger partial charge in [0.25, 0.3) is 0 Å². The van der Waals surface area contributed by atoms with Crippen molar-refractivity contribution in [2.45, 2.75) is 19.6 Å². The Balaban J connectivity index is 0.00000676. The van der Waals surface area contributed by atoms with Crippen molar-refractivity contribution in [3.05, 3.63) is 29.8 Å². The third-order valence-electron chi connectivity index (χ3n) is 3.50. The first-order chi connectivity index (χ1) is 12.2. The number of rotatable bonds is 7. The second-order valence-corrected chi connectivity index (χ2v) is 5.70. The average molecular weight is 502 g/mol. The maximum Gasteiger partial charge on any atom is 0.406 e. The van der Waals surface area contributed by atoms with Gasteiger partial charge in [-0.1, -0.05) is 18.2 Å². The van der Waals surface area contributed by atoms with E-state index in [0.29, 0.717) is 23.9 Å². The van der Waals surface area contributed by atoms with Crippen molar-refractivity contribution in [3.8, 4) is 5.75 Å². The van der Waals surface area contributed by atoms with Crippen molar-refractivity contribution in [2.24, 2.45) is 4.99 Å². The number of guanidine groups is 1. The summed E-state index contributed by atoms with van der Waals surface area (Å²) in [6.45, 7) is 1.22. The summed E-state index contributed by atoms with van der Waals surface area (Å²) in [6, 6.07) is 7.48. The Kier molecular flexibility index (Phi) is 11.1. The Morgan fingerprint density at radius 1 is 1.22 bits per heavy atom. The van der Waals surface area contributed by atoms with Gasteiger partial charge >= 0.3 is 6.18 Å². The molecule has 6 nitrogen and oxygen atoms in total. The van der Waals surface area contributed by atoms with Gasteiger partial charge in [-0.2, -0.15) is 13.2 Å². The fourth-order valence-electron chi connectivity index (χ4n) is 2.25. The first-order valence-corrected chi connectivity index (χ1v) is 8.10. The Labute approximate surface area is 174 Å². The van der Waals surface area contributed by atoms with E-state index in [0.717, 1.165) is 18.4 Å². The predicted molar refractivity (Wildman–Crippen MR) is 110 cm³/mol. The number of hydrogen-bond donors (Lipinski definition) is 1. The molecule has 0 spiro atoms. The number of benzene rings is 1. The van der Waals surface area contributed by atoms with Crippen LogP contribution in [0.1, 0.15) is 12.5 Å². The van der Waals surface area contributed by atoms with Crippen molar-refractivity contribution in [2.75, 3.05) is 40.8 Å². The Morgan fingerprint density at radius 2 is 1.85 bits per heavy atom. The van der Waals surface area contributed by atoms with E-state index in [9.17, 15) is 18.0 Å². The number of nitrogens with zero attached hydrogens (tertiary/aromatic N) is 3. The molecule has 0 bridgehead atoms. The van der Waals surface area contributed by atoms with E-state index in [1.54, 1.807) is 19.1 Å². The van der Waals surface area contributed by atoms with Gasteiger partial charge in [0.2, 0.25) is 5.91 Å². The first kappa shape index (κ1) is 25.3. The van der Waals surface area contributed by atoms with Gasteiger partial charge in [0, 0.05) is 32.7 Å². The smallest absolute Gasteiger partial charge is 0.406 e. The van der Waals surface area contributed by atoms with Crippen LogP contribution in [-0.2, 0) is 11.3 Å². The lowest BCUT2D eigenvalue weighted by Gasteiger charge is -2.23. The zero-order valence-corrected chi connectivity index (χ0v) is 18.2. The first-order valence-electron chi connectivity index (χ1n) is 8.10. The number of amides is 1. The van der Waals surface area contributed by atoms with Crippen molar-refractivity contribution >= 4 is 35.8 Å². The molecule has 0 unspecified atom stereocenters. The minimum atomic E-state index is -4.43. The maximum atomic E-state index is 12.4. The molecule has 0 aliphatic heterocycles. The Bertz CT molecular complexity index is 626. The van der Waals surface area contributed by atoms with Gasteiger partial charge in [-0.3, -0.25) is 4.79 Å². The minimum Gasteiger partial charge on any atom is -0.496 e. The number of ether oxygens (including phenoxy) is 1. The van der Waals surface area contributed by atoms with E-state index in [-0.39, 0.29) is 30.5 Å². The molecule has 0 radical (unpaired) electrons. The van der Waals surface area contributed by atoms with Crippen molar-refractivity contribution in [1.29, 1.82) is 0 Å². The fraction of sp³-hybridized carbons (Fsp3) is 0.529. The molecule has 0 aliphatic rings. The molecule has 1 rings (SSSR count). The number of para-hydroxylation sites is 1. The molecular weight excluding hydrogens is 476 g/mol. The van der Waals surface area contributed by atoms with Gasteiger partial charge in [0.05, 0.1) is 7.11 Å². The molecule has 0 atom stereocenters. The van der Waals surface area contributed by atoms with Gasteiger partial charge in [-0.25, -0.2) is 4.99 Å². The topological polar surface area (TPSA) is 57.2 Å². The van der Waals surface area contributed by atoms with Crippen LogP contribution in [0, 0.1) is 0 Å². The third kappa shape index (κ3) is 9.16. The van der Waals surface area contributed by atoms with Gasteiger partial charge in [0.15, 0.2) is 5.96 Å². The van der Waals surface area contributed by atoms with E-state index in [1.807, 2.05) is 31.2 Å². The monoisotopic (exact) mass is 502 g/mol. The minimum absolute atomic E-state index is 0. The molecule has 1 aromatic rings. The zero-order chi connectivity index (χ0) is 19.7. The summed E-state index contributed by atoms with van der Waals surface area (Å²) in [4.78, 5) is 18.4. The number of halogens is 4. The largest absolute Gasteiger partial charge is 0.496 e. The highest BCUT2D eigenvalue weighted by Crippen LogP contribution is 2.19. The molecule has 0 saturated heterocycles. The third-order valence-corrected chi connectivity index (χ3v) is 3.50. The van der Waals surface area contributed by atoms with Crippen molar-refractivity contribution in [3.63, 3.8) is 0 Å². The van der Waals surface area contributed by atoms with Gasteiger partial charge < -0.3 is 19.9 Å². The highest BCUT2D eigenvalue weighted by Gasteiger charge is 2.31. The van der Waals surface area contributed by atoms with Gasteiger partial charge in [-0.15, -0.1) is 24.0 Å². The number of aliphatic imine (C=N–C) groups is 1. The Morgan fingerprint density at radius 3 is 2.41 bits per heavy atom. The van der Waals surface area contributed by atoms with Crippen LogP contribution in [0.15, 0.2) is 29.3 Å². The number of alkyl halides is 3. The normalized spacial score (nSPS) is 11.4. The summed E-state index contributed by atoms with van der Waals surface area (Å²) in [5.74, 6) is 0.437. The average Bonchev–Trinajstić information content (AvgIpc) is 2.57. The van der Waals surface area contributed by atoms with E-state index in [4.69, 9.17) is 4.74 Å². The molecule has 1 aromatic carbocycles. The van der Waals surface area contributed by atoms with Crippen LogP contribution in [-0.4, -0.2) is 68.7 Å². The number of hydrogen-bond acceptors (Lipinski definition) is 3. The summed E-state index contributed by atoms with van der Waals surface area (Å²) < 4.78 is 42.4. The second-order valence-electron chi connectivity index (χ2n) is 5.70. The van der Waals surface area contributed by atoms with E-state index < -0.39 is 18.6 Å². The molecule has 27 heavy (non-hydrogen) atoms. The second kappa shape index (κ2) is 11.9. The van der Waals surface area contributed by atoms with Gasteiger partial charge in [-0.05, 0) is 13.0 Å². The van der Waals surface area contributed by atoms with Crippen LogP contribution in [0.3, 0.4) is 0 Å². The summed E-state index contributed by atoms with van der Waals surface area (Å²) in [5.41, 5.74) is 0.920. The summed E-state index contributed by atoms with van der Waals surface area (Å²) in [6.07, 6.45) is -4.43. The summed E-state index contributed by atoms with van der Waals surface area (Å²) in [5, 5.41) is 3.02. The van der Waals surface area contributed by atoms with Gasteiger partial charge in [0.1, 0.15) is 18.8 Å². The molecule has 1 amide bonds. The molecule has 0 fully saturated rings. The number of carbonyl (C=O) groups excluding carboxylic acids is 1. The quantitative estimate of drug-likeness (QED) is 0.354. The molecule has 10 heteroatoms. The van der Waals surface area contributed by atoms with E-state index in [2.05, 4.69) is 10.3 Å². The SMILES string of the molecule is CCNC(=NCC(=O)N(C)CC(F)(F)F)N(C)Cc1ccccc1OC.I. The lowest BCUT2D eigenvalue weighted by atomic mass is 10.2. The van der Waals surface area contributed by atoms with E-state index in [1.165, 1.54) is 0 Å². The van der Waals surface area contributed by atoms with Crippen LogP contribution in [0.5, 0.6) is 5.75 Å². The van der Waals surface area contributed by atoms with Crippen LogP contribution in [0.25, 0.3) is 0 Å². The van der Waals surface area contributed by atoms with Crippen LogP contribution < -0.4 is 10.1 Å². The number of methoxy groups -OCH3 is 1. The van der Waals surface area contributed by atoms with Crippen LogP contribution >= 0.6 is 24.0 Å². The summed E-state index contributed by atoms with van der Waals surface area (Å²) >= 11 is 0. The molecule has 154 valence electrons. The van der Waals surface area contributed by atoms with E-state index >= 15 is 0 Å². The number of carbonyl (C=O) groups is 1. The molecule has 0 aliphatic carbocycles. The standard InChI is InChI=1S/C17H25F3N4O2.HI/c1-5-21-16(22-10-15(25)24(3)12-17(18,19)20)23(2)11-13-8-6-7-9-14(13)26-4;/h6-9H,5,10-12H2,1-4H3,(H,21,22);1H. The number of nitrogens with one attached hydrogen (secondary N) is 1. The van der Waals surface area contributed by atoms with Crippen molar-refractivity contribution < 1.29 is 22.7 Å². The predicted octanol–water partition coefficient (Wildman–Crippen LogP) is 2.73. The highest BCUT2D eigenvalue weighted by molar-refractivity contribution is 14.0. The molecule has 1 N–H and O–H groups in total.